The molecule has 4 aliphatic carbocycles. The van der Waals surface area contributed by atoms with Crippen molar-refractivity contribution in [2.45, 2.75) is 63.4 Å². The summed E-state index contributed by atoms with van der Waals surface area (Å²) in [6, 6.07) is 8.20. The number of carbonyl (C=O) groups is 1. The second kappa shape index (κ2) is 5.98. The number of benzene rings is 1. The molecule has 2 N–H and O–H groups in total. The van der Waals surface area contributed by atoms with Crippen LogP contribution in [0.25, 0.3) is 0 Å². The van der Waals surface area contributed by atoms with Gasteiger partial charge in [0.2, 0.25) is 5.91 Å². The summed E-state index contributed by atoms with van der Waals surface area (Å²) in [7, 11) is 0. The molecule has 1 saturated heterocycles. The number of hydrogen-bond acceptors (Lipinski definition) is 3. The van der Waals surface area contributed by atoms with E-state index >= 15 is 0 Å². The maximum Gasteiger partial charge on any atom is 0.224 e. The first kappa shape index (κ1) is 16.6. The Labute approximate surface area is 156 Å². The average molecular weight is 354 g/mol. The lowest BCUT2D eigenvalue weighted by molar-refractivity contribution is -0.167. The minimum Gasteiger partial charge on any atom is -0.390 e. The number of hydrogen-bond donors (Lipinski definition) is 2. The normalized spacial score (nSPS) is 38.0. The van der Waals surface area contributed by atoms with Gasteiger partial charge in [-0.05, 0) is 80.8 Å². The van der Waals surface area contributed by atoms with Crippen LogP contribution >= 0.6 is 0 Å². The number of para-hydroxylation sites is 2. The summed E-state index contributed by atoms with van der Waals surface area (Å²) in [6.07, 6.45) is 9.31. The van der Waals surface area contributed by atoms with Crippen LogP contribution in [-0.2, 0) is 4.79 Å². The number of nitrogens with zero attached hydrogens (tertiary/aromatic N) is 1. The Balaban J connectivity index is 1.31. The Morgan fingerprint density at radius 2 is 1.81 bits per heavy atom. The second-order valence-corrected chi connectivity index (χ2v) is 9.62. The van der Waals surface area contributed by atoms with Crippen LogP contribution in [0, 0.1) is 17.3 Å². The molecule has 4 nitrogen and oxygen atoms in total. The first-order chi connectivity index (χ1) is 12.5. The molecular weight excluding hydrogens is 324 g/mol. The summed E-state index contributed by atoms with van der Waals surface area (Å²) in [6.45, 7) is 2.15. The lowest BCUT2D eigenvalue weighted by atomic mass is 9.47. The zero-order valence-corrected chi connectivity index (χ0v) is 15.5. The Kier molecular flexibility index (Phi) is 3.82. The highest BCUT2D eigenvalue weighted by molar-refractivity contribution is 5.94. The van der Waals surface area contributed by atoms with Crippen molar-refractivity contribution < 1.29 is 9.90 Å². The highest BCUT2D eigenvalue weighted by atomic mass is 16.3. The zero-order chi connectivity index (χ0) is 17.8. The molecule has 1 aromatic carbocycles. The summed E-state index contributed by atoms with van der Waals surface area (Å²) in [5, 5.41) is 14.1. The molecule has 4 bridgehead atoms. The van der Waals surface area contributed by atoms with E-state index in [0.717, 1.165) is 56.6 Å². The van der Waals surface area contributed by atoms with Crippen molar-refractivity contribution in [3.05, 3.63) is 24.3 Å². The largest absolute Gasteiger partial charge is 0.390 e. The lowest BCUT2D eigenvalue weighted by Crippen LogP contribution is -2.56. The van der Waals surface area contributed by atoms with Crippen LogP contribution in [0.2, 0.25) is 0 Å². The highest BCUT2D eigenvalue weighted by Crippen LogP contribution is 2.62. The third-order valence-electron chi connectivity index (χ3n) is 7.31. The molecule has 2 atom stereocenters. The van der Waals surface area contributed by atoms with Crippen molar-refractivity contribution in [3.63, 3.8) is 0 Å². The Morgan fingerprint density at radius 1 is 1.12 bits per heavy atom. The van der Waals surface area contributed by atoms with E-state index in [2.05, 4.69) is 22.3 Å². The van der Waals surface area contributed by atoms with Crippen molar-refractivity contribution in [3.8, 4) is 0 Å². The molecule has 6 rings (SSSR count). The molecule has 4 saturated carbocycles. The molecule has 5 fully saturated rings. The van der Waals surface area contributed by atoms with Crippen LogP contribution in [0.1, 0.15) is 57.8 Å². The van der Waals surface area contributed by atoms with E-state index in [-0.39, 0.29) is 11.3 Å². The smallest absolute Gasteiger partial charge is 0.224 e. The first-order valence-corrected chi connectivity index (χ1v) is 10.4. The molecule has 1 aromatic rings. The molecule has 26 heavy (non-hydrogen) atoms. The summed E-state index contributed by atoms with van der Waals surface area (Å²) in [5.41, 5.74) is 1.65. The molecule has 2 unspecified atom stereocenters. The van der Waals surface area contributed by atoms with Gasteiger partial charge in [0.15, 0.2) is 0 Å². The molecule has 1 amide bonds. The molecule has 5 aliphatic rings. The van der Waals surface area contributed by atoms with Crippen LogP contribution in [0.4, 0.5) is 11.4 Å². The van der Waals surface area contributed by atoms with Gasteiger partial charge in [0.05, 0.1) is 17.0 Å². The van der Waals surface area contributed by atoms with Crippen LogP contribution in [0.5, 0.6) is 0 Å². The van der Waals surface area contributed by atoms with Gasteiger partial charge in [-0.1, -0.05) is 12.1 Å². The van der Waals surface area contributed by atoms with Gasteiger partial charge in [-0.25, -0.2) is 0 Å². The van der Waals surface area contributed by atoms with Crippen LogP contribution in [0.3, 0.4) is 0 Å². The first-order valence-electron chi connectivity index (χ1n) is 10.4. The Hall–Kier alpha value is -1.55. The van der Waals surface area contributed by atoms with Crippen LogP contribution in [0.15, 0.2) is 24.3 Å². The fraction of sp³-hybridized carbons (Fsp3) is 0.682. The topological polar surface area (TPSA) is 52.6 Å². The van der Waals surface area contributed by atoms with Gasteiger partial charge in [-0.2, -0.15) is 0 Å². The quantitative estimate of drug-likeness (QED) is 0.861. The van der Waals surface area contributed by atoms with Gasteiger partial charge in [0.25, 0.3) is 0 Å². The number of anilines is 2. The maximum atomic E-state index is 13.0. The minimum absolute atomic E-state index is 0.0332. The predicted octanol–water partition coefficient (Wildman–Crippen LogP) is 3.95. The molecule has 0 spiro atoms. The summed E-state index contributed by atoms with van der Waals surface area (Å²) in [5.74, 6) is 1.39. The van der Waals surface area contributed by atoms with Gasteiger partial charge < -0.3 is 15.3 Å². The van der Waals surface area contributed by atoms with E-state index in [9.17, 15) is 9.90 Å². The SMILES string of the molecule is O=C(CC12CC3CC(CC(O)(C3)C1)C2)Nc1ccccc1N1CCCC1. The highest BCUT2D eigenvalue weighted by Gasteiger charge is 2.57. The second-order valence-electron chi connectivity index (χ2n) is 9.62. The van der Waals surface area contributed by atoms with Gasteiger partial charge in [-0.15, -0.1) is 0 Å². The van der Waals surface area contributed by atoms with E-state index in [1.807, 2.05) is 12.1 Å². The zero-order valence-electron chi connectivity index (χ0n) is 15.5. The fourth-order valence-corrected chi connectivity index (χ4v) is 6.96. The maximum absolute atomic E-state index is 13.0. The summed E-state index contributed by atoms with van der Waals surface area (Å²) < 4.78 is 0. The van der Waals surface area contributed by atoms with Gasteiger partial charge in [0, 0.05) is 19.5 Å². The number of rotatable bonds is 4. The monoisotopic (exact) mass is 354 g/mol. The van der Waals surface area contributed by atoms with Crippen molar-refractivity contribution in [1.29, 1.82) is 0 Å². The number of nitrogens with one attached hydrogen (secondary N) is 1. The molecule has 0 radical (unpaired) electrons. The van der Waals surface area contributed by atoms with E-state index in [1.165, 1.54) is 19.3 Å². The molecular formula is C22H30N2O2. The third-order valence-corrected chi connectivity index (χ3v) is 7.31. The third kappa shape index (κ3) is 2.92. The van der Waals surface area contributed by atoms with Crippen molar-refractivity contribution in [2.24, 2.45) is 17.3 Å². The summed E-state index contributed by atoms with van der Waals surface area (Å²) >= 11 is 0. The van der Waals surface area contributed by atoms with Gasteiger partial charge >= 0.3 is 0 Å². The van der Waals surface area contributed by atoms with Crippen molar-refractivity contribution in [2.75, 3.05) is 23.3 Å². The number of amides is 1. The predicted molar refractivity (Wildman–Crippen MR) is 103 cm³/mol. The van der Waals surface area contributed by atoms with E-state index in [1.54, 1.807) is 0 Å². The standard InChI is InChI=1S/C22H30N2O2/c25-20(23-18-5-1-2-6-19(18)24-7-3-4-8-24)14-21-10-16-9-17(11-21)13-22(26,12-16)15-21/h1-2,5-6,16-17,26H,3-4,7-15H2,(H,23,25). The van der Waals surface area contributed by atoms with Crippen LogP contribution in [-0.4, -0.2) is 29.7 Å². The van der Waals surface area contributed by atoms with E-state index in [4.69, 9.17) is 0 Å². The molecule has 0 aromatic heterocycles. The van der Waals surface area contributed by atoms with Crippen LogP contribution < -0.4 is 10.2 Å². The molecule has 1 aliphatic heterocycles. The molecule has 4 heteroatoms. The van der Waals surface area contributed by atoms with E-state index < -0.39 is 5.60 Å². The minimum atomic E-state index is -0.488. The van der Waals surface area contributed by atoms with Gasteiger partial charge in [-0.3, -0.25) is 4.79 Å². The number of aliphatic hydroxyl groups is 1. The average Bonchev–Trinajstić information content (AvgIpc) is 3.06. The fourth-order valence-electron chi connectivity index (χ4n) is 6.96. The Bertz CT molecular complexity index is 696. The van der Waals surface area contributed by atoms with Gasteiger partial charge in [0.1, 0.15) is 0 Å². The Morgan fingerprint density at radius 3 is 2.50 bits per heavy atom. The summed E-state index contributed by atoms with van der Waals surface area (Å²) in [4.78, 5) is 15.3. The van der Waals surface area contributed by atoms with E-state index in [0.29, 0.717) is 18.3 Å². The molecule has 140 valence electrons. The lowest BCUT2D eigenvalue weighted by Gasteiger charge is -2.60. The number of carbonyl (C=O) groups excluding carboxylic acids is 1. The van der Waals surface area contributed by atoms with Crippen molar-refractivity contribution in [1.82, 2.24) is 0 Å². The van der Waals surface area contributed by atoms with Crippen molar-refractivity contribution >= 4 is 17.3 Å². The molecule has 1 heterocycles.